The van der Waals surface area contributed by atoms with Crippen LogP contribution in [0.5, 0.6) is 0 Å². The molecule has 1 rings (SSSR count). The van der Waals surface area contributed by atoms with Crippen LogP contribution in [-0.2, 0) is 16.1 Å². The normalized spacial score (nSPS) is 11.1. The zero-order valence-electron chi connectivity index (χ0n) is 10.7. The van der Waals surface area contributed by atoms with Crippen molar-refractivity contribution in [2.24, 2.45) is 0 Å². The van der Waals surface area contributed by atoms with E-state index in [9.17, 15) is 35.5 Å². The molecule has 1 aromatic heterocycles. The third-order valence-electron chi connectivity index (χ3n) is 2.35. The molecule has 0 bridgehead atoms. The topological polar surface area (TPSA) is 44.1 Å². The quantitative estimate of drug-likeness (QED) is 0.563. The van der Waals surface area contributed by atoms with Gasteiger partial charge in [-0.3, -0.25) is 9.48 Å². The minimum absolute atomic E-state index is 0.316. The highest BCUT2D eigenvalue weighted by Gasteiger charge is 2.22. The fraction of sp³-hybridized carbons (Fsp3) is 0.455. The maximum absolute atomic E-state index is 12.6. The predicted molar refractivity (Wildman–Crippen MR) is 58.1 cm³/mol. The van der Waals surface area contributed by atoms with E-state index in [0.29, 0.717) is 10.7 Å². The van der Waals surface area contributed by atoms with Gasteiger partial charge < -0.3 is 4.74 Å². The Kier molecular flexibility index (Phi) is 6.38. The third kappa shape index (κ3) is 5.04. The zero-order valence-corrected chi connectivity index (χ0v) is 10.7. The van der Waals surface area contributed by atoms with Crippen molar-refractivity contribution in [3.05, 3.63) is 29.4 Å². The smallest absolute Gasteiger partial charge is 0.327 e. The number of carbonyl (C=O) groups is 1. The van der Waals surface area contributed by atoms with Crippen molar-refractivity contribution in [1.29, 1.82) is 0 Å². The second kappa shape index (κ2) is 7.80. The van der Waals surface area contributed by atoms with Crippen LogP contribution >= 0.6 is 0 Å². The average molecular weight is 334 g/mol. The number of esters is 1. The molecule has 0 saturated heterocycles. The van der Waals surface area contributed by atoms with Gasteiger partial charge in [-0.2, -0.15) is 13.9 Å². The first kappa shape index (κ1) is 18.0. The molecule has 11 heteroatoms. The number of halogens is 7. The Morgan fingerprint density at radius 1 is 1.18 bits per heavy atom. The minimum Gasteiger partial charge on any atom is -0.464 e. The lowest BCUT2D eigenvalue weighted by Crippen LogP contribution is -2.17. The summed E-state index contributed by atoms with van der Waals surface area (Å²) in [7, 11) is 0. The Labute approximate surface area is 119 Å². The van der Waals surface area contributed by atoms with Crippen molar-refractivity contribution in [2.75, 3.05) is 6.61 Å². The summed E-state index contributed by atoms with van der Waals surface area (Å²) in [4.78, 5) is 11.3. The summed E-state index contributed by atoms with van der Waals surface area (Å²) in [6.45, 7) is -1.69. The van der Waals surface area contributed by atoms with Crippen LogP contribution < -0.4 is 0 Å². The zero-order chi connectivity index (χ0) is 16.9. The van der Waals surface area contributed by atoms with Gasteiger partial charge in [0, 0.05) is 6.42 Å². The molecule has 0 aliphatic carbocycles. The maximum atomic E-state index is 12.6. The van der Waals surface area contributed by atoms with Gasteiger partial charge in [0.2, 0.25) is 0 Å². The number of ether oxygens (including phenoxy) is 1. The van der Waals surface area contributed by atoms with Crippen molar-refractivity contribution in [2.45, 2.75) is 25.8 Å². The number of rotatable bonds is 7. The van der Waals surface area contributed by atoms with Crippen molar-refractivity contribution >= 4 is 5.97 Å². The van der Waals surface area contributed by atoms with Crippen molar-refractivity contribution in [3.8, 4) is 0 Å². The largest absolute Gasteiger partial charge is 0.464 e. The SMILES string of the molecule is O=C(Cn1nc(C(F)F)cc1C(F)F)OCCC(F)=C(F)F. The molecular formula is C11H9F7N2O2. The molecule has 0 saturated carbocycles. The molecule has 0 unspecified atom stereocenters. The minimum atomic E-state index is -3.16. The lowest BCUT2D eigenvalue weighted by atomic mass is 10.3. The van der Waals surface area contributed by atoms with Crippen LogP contribution in [0.3, 0.4) is 0 Å². The Hall–Kier alpha value is -2.07. The van der Waals surface area contributed by atoms with Crippen LogP contribution in [-0.4, -0.2) is 22.4 Å². The lowest BCUT2D eigenvalue weighted by molar-refractivity contribution is -0.144. The van der Waals surface area contributed by atoms with Crippen LogP contribution in [0.1, 0.15) is 30.7 Å². The summed E-state index contributed by atoms with van der Waals surface area (Å²) in [5, 5.41) is 3.12. The van der Waals surface area contributed by atoms with Crippen LogP contribution in [0.15, 0.2) is 18.0 Å². The van der Waals surface area contributed by atoms with E-state index >= 15 is 0 Å². The third-order valence-corrected chi connectivity index (χ3v) is 2.35. The van der Waals surface area contributed by atoms with Crippen molar-refractivity contribution in [1.82, 2.24) is 9.78 Å². The number of carbonyl (C=O) groups excluding carboxylic acids is 1. The molecule has 0 fully saturated rings. The highest BCUT2D eigenvalue weighted by molar-refractivity contribution is 5.69. The number of nitrogens with zero attached hydrogens (tertiary/aromatic N) is 2. The predicted octanol–water partition coefficient (Wildman–Crippen LogP) is 3.77. The number of aromatic nitrogens is 2. The van der Waals surface area contributed by atoms with E-state index in [1.807, 2.05) is 0 Å². The molecule has 0 aliphatic heterocycles. The fourth-order valence-electron chi connectivity index (χ4n) is 1.38. The van der Waals surface area contributed by atoms with Crippen LogP contribution in [0.4, 0.5) is 30.7 Å². The molecule has 0 amide bonds. The van der Waals surface area contributed by atoms with Gasteiger partial charge in [0.25, 0.3) is 12.9 Å². The van der Waals surface area contributed by atoms with E-state index < -0.39 is 61.7 Å². The maximum Gasteiger partial charge on any atom is 0.327 e. The van der Waals surface area contributed by atoms with Crippen molar-refractivity contribution in [3.63, 3.8) is 0 Å². The first-order valence-electron chi connectivity index (χ1n) is 5.71. The van der Waals surface area contributed by atoms with E-state index in [1.54, 1.807) is 0 Å². The summed E-state index contributed by atoms with van der Waals surface area (Å²) < 4.78 is 90.4. The van der Waals surface area contributed by atoms with Crippen molar-refractivity contribution < 1.29 is 40.3 Å². The molecule has 1 aromatic rings. The van der Waals surface area contributed by atoms with E-state index in [0.717, 1.165) is 0 Å². The lowest BCUT2D eigenvalue weighted by Gasteiger charge is -2.07. The van der Waals surface area contributed by atoms with Gasteiger partial charge in [-0.15, -0.1) is 0 Å². The Bertz CT molecular complexity index is 553. The molecule has 124 valence electrons. The molecular weight excluding hydrogens is 325 g/mol. The number of hydrogen-bond donors (Lipinski definition) is 0. The molecule has 0 N–H and O–H groups in total. The second-order valence-electron chi connectivity index (χ2n) is 3.89. The Morgan fingerprint density at radius 2 is 1.82 bits per heavy atom. The average Bonchev–Trinajstić information content (AvgIpc) is 2.82. The van der Waals surface area contributed by atoms with Gasteiger partial charge in [0.15, 0.2) is 5.83 Å². The molecule has 1 heterocycles. The first-order chi connectivity index (χ1) is 10.2. The molecule has 4 nitrogen and oxygen atoms in total. The summed E-state index contributed by atoms with van der Waals surface area (Å²) >= 11 is 0. The van der Waals surface area contributed by atoms with Crippen LogP contribution in [0.25, 0.3) is 0 Å². The summed E-state index contributed by atoms with van der Waals surface area (Å²) in [5.74, 6) is -2.99. The van der Waals surface area contributed by atoms with Gasteiger partial charge in [-0.1, -0.05) is 0 Å². The molecule has 22 heavy (non-hydrogen) atoms. The van der Waals surface area contributed by atoms with Gasteiger partial charge in [-0.05, 0) is 6.07 Å². The fourth-order valence-corrected chi connectivity index (χ4v) is 1.38. The molecule has 0 spiro atoms. The molecule has 0 atom stereocenters. The molecule has 0 aromatic carbocycles. The van der Waals surface area contributed by atoms with E-state index in [4.69, 9.17) is 0 Å². The van der Waals surface area contributed by atoms with Gasteiger partial charge in [0.1, 0.15) is 17.9 Å². The molecule has 0 radical (unpaired) electrons. The van der Waals surface area contributed by atoms with Crippen LogP contribution in [0, 0.1) is 0 Å². The van der Waals surface area contributed by atoms with E-state index in [1.165, 1.54) is 0 Å². The molecule has 0 aliphatic rings. The number of alkyl halides is 4. The monoisotopic (exact) mass is 334 g/mol. The highest BCUT2D eigenvalue weighted by Crippen LogP contribution is 2.25. The standard InChI is InChI=1S/C11H9F7N2O2/c12-5(9(13)14)1-2-22-8(21)4-20-7(11(17)18)3-6(19-20)10(15)16/h3,10-11H,1-2,4H2. The summed E-state index contributed by atoms with van der Waals surface area (Å²) in [5.41, 5.74) is -1.87. The Morgan fingerprint density at radius 3 is 2.32 bits per heavy atom. The van der Waals surface area contributed by atoms with E-state index in [-0.39, 0.29) is 0 Å². The number of hydrogen-bond acceptors (Lipinski definition) is 3. The van der Waals surface area contributed by atoms with Gasteiger partial charge in [-0.25, -0.2) is 22.0 Å². The second-order valence-corrected chi connectivity index (χ2v) is 3.89. The Balaban J connectivity index is 2.66. The first-order valence-corrected chi connectivity index (χ1v) is 5.71. The summed E-state index contributed by atoms with van der Waals surface area (Å²) in [6.07, 6.45) is -9.73. The van der Waals surface area contributed by atoms with E-state index in [2.05, 4.69) is 9.84 Å². The summed E-state index contributed by atoms with van der Waals surface area (Å²) in [6, 6.07) is 0.434. The highest BCUT2D eigenvalue weighted by atomic mass is 19.3. The van der Waals surface area contributed by atoms with Gasteiger partial charge >= 0.3 is 12.0 Å². The van der Waals surface area contributed by atoms with Crippen LogP contribution in [0.2, 0.25) is 0 Å². The van der Waals surface area contributed by atoms with Gasteiger partial charge in [0.05, 0.1) is 6.61 Å².